The van der Waals surface area contributed by atoms with E-state index in [2.05, 4.69) is 10.3 Å². The van der Waals surface area contributed by atoms with Crippen LogP contribution in [0.4, 0.5) is 0 Å². The van der Waals surface area contributed by atoms with E-state index in [1.54, 1.807) is 6.92 Å². The molecule has 1 amide bonds. The quantitative estimate of drug-likeness (QED) is 0.574. The first-order valence-corrected chi connectivity index (χ1v) is 10.5. The minimum atomic E-state index is -1.15. The fourth-order valence-electron chi connectivity index (χ4n) is 3.77. The monoisotopic (exact) mass is 438 g/mol. The van der Waals surface area contributed by atoms with Crippen molar-refractivity contribution in [1.82, 2.24) is 10.3 Å². The summed E-state index contributed by atoms with van der Waals surface area (Å²) in [6.07, 6.45) is 3.96. The van der Waals surface area contributed by atoms with Crippen LogP contribution in [-0.4, -0.2) is 77.9 Å². The third-order valence-corrected chi connectivity index (χ3v) is 5.56. The molecule has 3 rings (SSSR count). The molecule has 10 nitrogen and oxygen atoms in total. The topological polar surface area (TPSA) is 136 Å². The lowest BCUT2D eigenvalue weighted by molar-refractivity contribution is -0.165. The van der Waals surface area contributed by atoms with Crippen molar-refractivity contribution < 1.29 is 38.7 Å². The normalized spacial score (nSPS) is 28.0. The van der Waals surface area contributed by atoms with Crippen LogP contribution in [0.5, 0.6) is 11.5 Å². The molecular weight excluding hydrogens is 408 g/mol. The first-order chi connectivity index (χ1) is 14.9. The van der Waals surface area contributed by atoms with Gasteiger partial charge in [-0.25, -0.2) is 9.78 Å². The fourth-order valence-corrected chi connectivity index (χ4v) is 3.77. The summed E-state index contributed by atoms with van der Waals surface area (Å²) in [7, 11) is 1.35. The van der Waals surface area contributed by atoms with Crippen molar-refractivity contribution in [1.29, 1.82) is 0 Å². The number of amides is 1. The number of rotatable bonds is 5. The van der Waals surface area contributed by atoms with Crippen LogP contribution in [0, 0.1) is 0 Å². The van der Waals surface area contributed by atoms with Crippen LogP contribution in [0.1, 0.15) is 49.5 Å². The Kier molecular flexibility index (Phi) is 8.05. The average Bonchev–Trinajstić information content (AvgIpc) is 2.81. The molecule has 1 aliphatic carbocycles. The minimum absolute atomic E-state index is 0.0401. The third-order valence-electron chi connectivity index (χ3n) is 5.56. The molecule has 2 heterocycles. The molecular formula is C21H30N2O8. The highest BCUT2D eigenvalue weighted by atomic mass is 16.6. The summed E-state index contributed by atoms with van der Waals surface area (Å²) in [5, 5.41) is 23.2. The van der Waals surface area contributed by atoms with Crippen molar-refractivity contribution in [3.8, 4) is 11.5 Å². The van der Waals surface area contributed by atoms with E-state index in [-0.39, 0.29) is 30.8 Å². The van der Waals surface area contributed by atoms with Crippen molar-refractivity contribution in [2.24, 2.45) is 0 Å². The van der Waals surface area contributed by atoms with E-state index in [1.165, 1.54) is 25.8 Å². The molecule has 0 aromatic carbocycles. The number of cyclic esters (lactones) is 1. The van der Waals surface area contributed by atoms with Gasteiger partial charge in [-0.2, -0.15) is 0 Å². The molecule has 1 saturated heterocycles. The van der Waals surface area contributed by atoms with E-state index in [1.807, 2.05) is 0 Å². The minimum Gasteiger partial charge on any atom is -0.503 e. The molecule has 0 spiro atoms. The number of nitrogens with zero attached hydrogens (tertiary/aromatic N) is 1. The van der Waals surface area contributed by atoms with E-state index in [9.17, 15) is 19.8 Å². The summed E-state index contributed by atoms with van der Waals surface area (Å²) in [6, 6.07) is 0.252. The molecule has 3 N–H and O–H groups in total. The third kappa shape index (κ3) is 5.84. The fraction of sp³-hybridized carbons (Fsp3) is 0.667. The van der Waals surface area contributed by atoms with Crippen LogP contribution >= 0.6 is 0 Å². The molecule has 1 saturated carbocycles. The lowest BCUT2D eigenvalue weighted by Gasteiger charge is -2.31. The van der Waals surface area contributed by atoms with Gasteiger partial charge in [0.2, 0.25) is 0 Å². The van der Waals surface area contributed by atoms with Gasteiger partial charge in [-0.3, -0.25) is 4.79 Å². The van der Waals surface area contributed by atoms with Crippen LogP contribution in [0.3, 0.4) is 0 Å². The number of ether oxygens (including phenoxy) is 4. The maximum absolute atomic E-state index is 12.6. The molecule has 2 fully saturated rings. The Morgan fingerprint density at radius 3 is 2.71 bits per heavy atom. The van der Waals surface area contributed by atoms with Crippen molar-refractivity contribution in [2.45, 2.75) is 69.5 Å². The summed E-state index contributed by atoms with van der Waals surface area (Å²) in [4.78, 5) is 29.0. The average molecular weight is 438 g/mol. The van der Waals surface area contributed by atoms with E-state index in [4.69, 9.17) is 18.9 Å². The molecule has 2 aliphatic rings. The summed E-state index contributed by atoms with van der Waals surface area (Å²) in [5.74, 6) is -1.91. The number of methoxy groups -OCH3 is 1. The second-order valence-corrected chi connectivity index (χ2v) is 7.84. The molecule has 10 heteroatoms. The molecule has 1 aromatic heterocycles. The Labute approximate surface area is 180 Å². The maximum atomic E-state index is 12.6. The number of carbonyl (C=O) groups is 2. The van der Waals surface area contributed by atoms with Gasteiger partial charge in [0.25, 0.3) is 5.91 Å². The molecule has 1 aliphatic heterocycles. The second-order valence-electron chi connectivity index (χ2n) is 7.84. The first-order valence-electron chi connectivity index (χ1n) is 10.5. The highest BCUT2D eigenvalue weighted by Crippen LogP contribution is 2.28. The highest BCUT2D eigenvalue weighted by Gasteiger charge is 2.36. The van der Waals surface area contributed by atoms with Crippen LogP contribution in [0.2, 0.25) is 0 Å². The Bertz CT molecular complexity index is 768. The number of aromatic nitrogens is 1. The van der Waals surface area contributed by atoms with Crippen molar-refractivity contribution in [2.75, 3.05) is 20.3 Å². The highest BCUT2D eigenvalue weighted by molar-refractivity contribution is 5.98. The first kappa shape index (κ1) is 23.2. The predicted octanol–water partition coefficient (Wildman–Crippen LogP) is 0.935. The molecule has 0 radical (unpaired) electrons. The zero-order valence-corrected chi connectivity index (χ0v) is 17.8. The second kappa shape index (κ2) is 10.7. The van der Waals surface area contributed by atoms with Gasteiger partial charge in [-0.05, 0) is 19.8 Å². The Balaban J connectivity index is 1.67. The number of nitrogens with one attached hydrogen (secondary N) is 1. The van der Waals surface area contributed by atoms with Crippen LogP contribution in [0.25, 0.3) is 0 Å². The van der Waals surface area contributed by atoms with Gasteiger partial charge in [-0.1, -0.05) is 19.3 Å². The summed E-state index contributed by atoms with van der Waals surface area (Å²) >= 11 is 0. The Morgan fingerprint density at radius 1 is 1.26 bits per heavy atom. The molecule has 31 heavy (non-hydrogen) atoms. The van der Waals surface area contributed by atoms with E-state index >= 15 is 0 Å². The van der Waals surface area contributed by atoms with E-state index in [0.717, 1.165) is 25.7 Å². The van der Waals surface area contributed by atoms with E-state index in [0.29, 0.717) is 0 Å². The van der Waals surface area contributed by atoms with Gasteiger partial charge in [0.1, 0.15) is 18.3 Å². The zero-order chi connectivity index (χ0) is 22.4. The van der Waals surface area contributed by atoms with Crippen molar-refractivity contribution in [3.63, 3.8) is 0 Å². The van der Waals surface area contributed by atoms with Crippen molar-refractivity contribution in [3.05, 3.63) is 18.0 Å². The van der Waals surface area contributed by atoms with Gasteiger partial charge in [0, 0.05) is 12.3 Å². The SMILES string of the molecule is COc1ccnc(C(=O)N[C@H]2COC[C@H](OC3CCCCC3)[C@@H](O)[C@H](C)OC2=O)c1O. The number of hydrogen-bond donors (Lipinski definition) is 3. The zero-order valence-electron chi connectivity index (χ0n) is 17.8. The van der Waals surface area contributed by atoms with Gasteiger partial charge >= 0.3 is 5.97 Å². The number of hydrogen-bond acceptors (Lipinski definition) is 9. The largest absolute Gasteiger partial charge is 0.503 e. The number of aromatic hydroxyl groups is 1. The maximum Gasteiger partial charge on any atom is 0.331 e. The Hall–Kier alpha value is -2.43. The lowest BCUT2D eigenvalue weighted by atomic mass is 9.97. The van der Waals surface area contributed by atoms with Crippen LogP contribution in [0.15, 0.2) is 12.3 Å². The molecule has 0 unspecified atom stereocenters. The van der Waals surface area contributed by atoms with Crippen molar-refractivity contribution >= 4 is 11.9 Å². The molecule has 172 valence electrons. The summed E-state index contributed by atoms with van der Waals surface area (Å²) < 4.78 is 22.0. The number of esters is 1. The van der Waals surface area contributed by atoms with Gasteiger partial charge in [0.15, 0.2) is 23.2 Å². The number of carbonyl (C=O) groups excluding carboxylic acids is 2. The van der Waals surface area contributed by atoms with Gasteiger partial charge < -0.3 is 34.5 Å². The number of aliphatic hydroxyl groups is 1. The molecule has 0 bridgehead atoms. The lowest BCUT2D eigenvalue weighted by Crippen LogP contribution is -2.46. The van der Waals surface area contributed by atoms with Crippen LogP contribution < -0.4 is 10.1 Å². The predicted molar refractivity (Wildman–Crippen MR) is 108 cm³/mol. The number of aliphatic hydroxyl groups excluding tert-OH is 1. The Morgan fingerprint density at radius 2 is 2.00 bits per heavy atom. The molecule has 1 aromatic rings. The standard InChI is InChI=1S/C21H30N2O8/c1-12-18(24)16(31-13-6-4-3-5-7-13)11-29-10-14(21(27)30-12)23-20(26)17-19(25)15(28-2)8-9-22-17/h8-9,12-14,16,18,24-25H,3-7,10-11H2,1-2H3,(H,23,26)/t12-,14-,16-,18-/m0/s1. The van der Waals surface area contributed by atoms with E-state index < -0.39 is 42.0 Å². The van der Waals surface area contributed by atoms with Crippen LogP contribution in [-0.2, 0) is 19.0 Å². The molecule has 4 atom stereocenters. The summed E-state index contributed by atoms with van der Waals surface area (Å²) in [6.45, 7) is 1.44. The number of pyridine rings is 1. The smallest absolute Gasteiger partial charge is 0.331 e. The van der Waals surface area contributed by atoms with Gasteiger partial charge in [0.05, 0.1) is 26.4 Å². The summed E-state index contributed by atoms with van der Waals surface area (Å²) in [5.41, 5.74) is -0.293. The van der Waals surface area contributed by atoms with Gasteiger partial charge in [-0.15, -0.1) is 0 Å².